The fraction of sp³-hybridized carbons (Fsp3) is 0.556. The summed E-state index contributed by atoms with van der Waals surface area (Å²) in [6, 6.07) is 0. The van der Waals surface area contributed by atoms with Crippen molar-refractivity contribution in [3.63, 3.8) is 0 Å². The minimum Gasteiger partial charge on any atom is -0.205 e. The summed E-state index contributed by atoms with van der Waals surface area (Å²) in [4.78, 5) is 0. The zero-order valence-electron chi connectivity index (χ0n) is 6.68. The first-order valence-electron chi connectivity index (χ1n) is 4.09. The van der Waals surface area contributed by atoms with Crippen LogP contribution in [0.3, 0.4) is 0 Å². The van der Waals surface area contributed by atoms with Gasteiger partial charge >= 0.3 is 0 Å². The van der Waals surface area contributed by atoms with E-state index in [1.54, 1.807) is 12.2 Å². The number of fused-ring (bicyclic) bond motifs is 2. The molecule has 0 spiro atoms. The second-order valence-electron chi connectivity index (χ2n) is 3.35. The third-order valence-electron chi connectivity index (χ3n) is 2.69. The number of allylic oxidation sites excluding steroid dienone is 4. The van der Waals surface area contributed by atoms with Gasteiger partial charge in [0.25, 0.3) is 12.9 Å². The molecule has 0 aromatic heterocycles. The van der Waals surface area contributed by atoms with Gasteiger partial charge in [-0.25, -0.2) is 17.6 Å². The first-order chi connectivity index (χ1) is 6.11. The molecule has 2 unspecified atom stereocenters. The fourth-order valence-electron chi connectivity index (χ4n) is 2.16. The lowest BCUT2D eigenvalue weighted by Crippen LogP contribution is -2.12. The molecule has 0 radical (unpaired) electrons. The molecule has 0 saturated carbocycles. The topological polar surface area (TPSA) is 0 Å². The third-order valence-corrected chi connectivity index (χ3v) is 2.69. The molecule has 0 aromatic carbocycles. The summed E-state index contributed by atoms with van der Waals surface area (Å²) < 4.78 is 49.5. The molecule has 2 aliphatic carbocycles. The molecule has 0 aromatic rings. The van der Waals surface area contributed by atoms with E-state index in [1.807, 2.05) is 0 Å². The quantitative estimate of drug-likeness (QED) is 0.466. The van der Waals surface area contributed by atoms with Crippen molar-refractivity contribution in [2.24, 2.45) is 11.8 Å². The Bertz CT molecular complexity index is 251. The van der Waals surface area contributed by atoms with E-state index in [2.05, 4.69) is 0 Å². The molecule has 72 valence electrons. The van der Waals surface area contributed by atoms with Crippen molar-refractivity contribution in [1.29, 1.82) is 0 Å². The Morgan fingerprint density at radius 1 is 0.923 bits per heavy atom. The second kappa shape index (κ2) is 2.86. The number of hydrogen-bond acceptors (Lipinski definition) is 0. The Hall–Kier alpha value is -0.800. The minimum absolute atomic E-state index is 0.331. The Morgan fingerprint density at radius 3 is 1.62 bits per heavy atom. The summed E-state index contributed by atoms with van der Waals surface area (Å²) >= 11 is 0. The second-order valence-corrected chi connectivity index (χ2v) is 3.35. The van der Waals surface area contributed by atoms with E-state index in [9.17, 15) is 17.6 Å². The molecule has 4 heteroatoms. The van der Waals surface area contributed by atoms with E-state index in [0.717, 1.165) is 0 Å². The molecule has 0 N–H and O–H groups in total. The number of halogens is 4. The molecule has 13 heavy (non-hydrogen) atoms. The third kappa shape index (κ3) is 1.19. The van der Waals surface area contributed by atoms with Crippen molar-refractivity contribution in [2.45, 2.75) is 19.3 Å². The SMILES string of the molecule is FC(F)C1=C(C(F)F)C2C=CC1C2. The Kier molecular flexibility index (Phi) is 1.93. The molecule has 0 nitrogen and oxygen atoms in total. The van der Waals surface area contributed by atoms with Crippen molar-refractivity contribution in [2.75, 3.05) is 0 Å². The highest BCUT2D eigenvalue weighted by Gasteiger charge is 2.42. The first kappa shape index (κ1) is 8.78. The highest BCUT2D eigenvalue weighted by molar-refractivity contribution is 5.39. The van der Waals surface area contributed by atoms with Crippen LogP contribution in [0.1, 0.15) is 6.42 Å². The zero-order valence-corrected chi connectivity index (χ0v) is 6.68. The highest BCUT2D eigenvalue weighted by Crippen LogP contribution is 2.48. The van der Waals surface area contributed by atoms with E-state index in [0.29, 0.717) is 6.42 Å². The molecular weight excluding hydrogens is 184 g/mol. The summed E-state index contributed by atoms with van der Waals surface area (Å²) in [5.41, 5.74) is -0.662. The van der Waals surface area contributed by atoms with Crippen molar-refractivity contribution in [1.82, 2.24) is 0 Å². The van der Waals surface area contributed by atoms with Gasteiger partial charge in [0.2, 0.25) is 0 Å². The molecule has 0 saturated heterocycles. The molecule has 2 bridgehead atoms. The number of hydrogen-bond donors (Lipinski definition) is 0. The van der Waals surface area contributed by atoms with Crippen molar-refractivity contribution in [3.05, 3.63) is 23.3 Å². The van der Waals surface area contributed by atoms with Gasteiger partial charge in [0, 0.05) is 23.0 Å². The maximum Gasteiger partial charge on any atom is 0.260 e. The Morgan fingerprint density at radius 2 is 1.31 bits per heavy atom. The number of rotatable bonds is 2. The summed E-state index contributed by atoms with van der Waals surface area (Å²) in [6.45, 7) is 0. The van der Waals surface area contributed by atoms with Gasteiger partial charge in [-0.3, -0.25) is 0 Å². The number of alkyl halides is 4. The van der Waals surface area contributed by atoms with Gasteiger partial charge in [0.1, 0.15) is 0 Å². The maximum absolute atomic E-state index is 12.4. The lowest BCUT2D eigenvalue weighted by Gasteiger charge is -2.14. The lowest BCUT2D eigenvalue weighted by atomic mass is 9.98. The Balaban J connectivity index is 2.37. The van der Waals surface area contributed by atoms with Crippen LogP contribution in [0.2, 0.25) is 0 Å². The van der Waals surface area contributed by atoms with Crippen LogP contribution < -0.4 is 0 Å². The molecule has 0 aliphatic heterocycles. The van der Waals surface area contributed by atoms with Crippen molar-refractivity contribution >= 4 is 0 Å². The van der Waals surface area contributed by atoms with Crippen LogP contribution in [0.15, 0.2) is 23.3 Å². The molecule has 2 aliphatic rings. The monoisotopic (exact) mass is 192 g/mol. The van der Waals surface area contributed by atoms with Gasteiger partial charge in [-0.2, -0.15) is 0 Å². The van der Waals surface area contributed by atoms with Gasteiger partial charge in [-0.15, -0.1) is 0 Å². The van der Waals surface area contributed by atoms with E-state index in [4.69, 9.17) is 0 Å². The smallest absolute Gasteiger partial charge is 0.205 e. The molecular formula is C9H8F4. The normalized spacial score (nSPS) is 31.5. The van der Waals surface area contributed by atoms with Crippen LogP contribution in [0.25, 0.3) is 0 Å². The van der Waals surface area contributed by atoms with Gasteiger partial charge in [0.15, 0.2) is 0 Å². The minimum atomic E-state index is -2.73. The molecule has 0 amide bonds. The largest absolute Gasteiger partial charge is 0.260 e. The van der Waals surface area contributed by atoms with E-state index < -0.39 is 24.7 Å². The highest BCUT2D eigenvalue weighted by atomic mass is 19.3. The average molecular weight is 192 g/mol. The lowest BCUT2D eigenvalue weighted by molar-refractivity contribution is 0.158. The van der Waals surface area contributed by atoms with Gasteiger partial charge < -0.3 is 0 Å². The van der Waals surface area contributed by atoms with Gasteiger partial charge in [0.05, 0.1) is 0 Å². The predicted octanol–water partition coefficient (Wildman–Crippen LogP) is 3.02. The maximum atomic E-state index is 12.4. The fourth-order valence-corrected chi connectivity index (χ4v) is 2.16. The average Bonchev–Trinajstić information content (AvgIpc) is 2.60. The molecule has 0 fully saturated rings. The van der Waals surface area contributed by atoms with Crippen LogP contribution in [-0.2, 0) is 0 Å². The molecule has 2 atom stereocenters. The van der Waals surface area contributed by atoms with Crippen molar-refractivity contribution < 1.29 is 17.6 Å². The van der Waals surface area contributed by atoms with Crippen LogP contribution in [0.4, 0.5) is 17.6 Å². The van der Waals surface area contributed by atoms with Crippen LogP contribution in [0.5, 0.6) is 0 Å². The van der Waals surface area contributed by atoms with Crippen molar-refractivity contribution in [3.8, 4) is 0 Å². The molecule has 2 rings (SSSR count). The van der Waals surface area contributed by atoms with Gasteiger partial charge in [-0.05, 0) is 6.42 Å². The first-order valence-corrected chi connectivity index (χ1v) is 4.09. The predicted molar refractivity (Wildman–Crippen MR) is 39.8 cm³/mol. The van der Waals surface area contributed by atoms with Crippen LogP contribution in [0, 0.1) is 11.8 Å². The van der Waals surface area contributed by atoms with E-state index >= 15 is 0 Å². The van der Waals surface area contributed by atoms with Gasteiger partial charge in [-0.1, -0.05) is 12.2 Å². The van der Waals surface area contributed by atoms with E-state index in [-0.39, 0.29) is 11.1 Å². The summed E-state index contributed by atoms with van der Waals surface area (Å²) in [5.74, 6) is -0.872. The summed E-state index contributed by atoms with van der Waals surface area (Å²) in [6.07, 6.45) is -1.83. The standard InChI is InChI=1S/C9H8F4/c10-8(11)6-4-1-2-5(3-4)7(6)9(12)13/h1-2,4-5,8-9H,3H2. The van der Waals surface area contributed by atoms with Crippen LogP contribution >= 0.6 is 0 Å². The van der Waals surface area contributed by atoms with Crippen LogP contribution in [-0.4, -0.2) is 12.9 Å². The summed E-state index contributed by atoms with van der Waals surface area (Å²) in [5, 5.41) is 0. The Labute approximate surface area is 72.9 Å². The van der Waals surface area contributed by atoms with E-state index in [1.165, 1.54) is 0 Å². The summed E-state index contributed by atoms with van der Waals surface area (Å²) in [7, 11) is 0. The molecule has 0 heterocycles. The zero-order chi connectivity index (χ0) is 9.59.